The lowest BCUT2D eigenvalue weighted by Crippen LogP contribution is -1.89. The highest BCUT2D eigenvalue weighted by Crippen LogP contribution is 2.19. The van der Waals surface area contributed by atoms with E-state index in [0.717, 1.165) is 16.0 Å². The minimum Gasteiger partial charge on any atom is -0.0876 e. The average molecular weight is 357 g/mol. The number of halogens is 3. The summed E-state index contributed by atoms with van der Waals surface area (Å²) in [6.45, 7) is 0. The Kier molecular flexibility index (Phi) is 4.84. The topological polar surface area (TPSA) is 0 Å². The van der Waals surface area contributed by atoms with Crippen molar-refractivity contribution in [2.24, 2.45) is 0 Å². The van der Waals surface area contributed by atoms with Crippen molar-refractivity contribution in [1.82, 2.24) is 0 Å². The minimum atomic E-state index is 0.925. The second-order valence-electron chi connectivity index (χ2n) is 2.50. The summed E-state index contributed by atoms with van der Waals surface area (Å²) in [5.41, 5.74) is 4.05. The van der Waals surface area contributed by atoms with Crippen LogP contribution in [0.3, 0.4) is 0 Å². The number of benzene rings is 1. The van der Waals surface area contributed by atoms with Crippen molar-refractivity contribution in [3.8, 4) is 0 Å². The molecule has 0 atom stereocenters. The van der Waals surface area contributed by atoms with Gasteiger partial charge in [-0.05, 0) is 16.7 Å². The van der Waals surface area contributed by atoms with Gasteiger partial charge in [0.05, 0.1) is 0 Å². The van der Waals surface area contributed by atoms with E-state index in [1.54, 1.807) is 0 Å². The van der Waals surface area contributed by atoms with Gasteiger partial charge in [0.15, 0.2) is 0 Å². The van der Waals surface area contributed by atoms with Gasteiger partial charge in [0.25, 0.3) is 0 Å². The molecule has 0 aliphatic rings. The molecule has 0 nitrogen and oxygen atoms in total. The molecule has 0 heterocycles. The fraction of sp³-hybridized carbons (Fsp3) is 0.333. The second-order valence-corrected chi connectivity index (χ2v) is 4.19. The van der Waals surface area contributed by atoms with Crippen molar-refractivity contribution < 1.29 is 0 Å². The Hall–Kier alpha value is 0.660. The molecule has 0 saturated carbocycles. The average Bonchev–Trinajstić information content (AvgIpc) is 2.16. The Balaban J connectivity index is 3.02. The molecule has 0 aliphatic heterocycles. The number of hydrogen-bond donors (Lipinski definition) is 0. The molecule has 0 aromatic heterocycles. The van der Waals surface area contributed by atoms with Crippen LogP contribution in [0.1, 0.15) is 16.7 Å². The van der Waals surface area contributed by atoms with Gasteiger partial charge in [-0.2, -0.15) is 0 Å². The van der Waals surface area contributed by atoms with Crippen molar-refractivity contribution in [3.63, 3.8) is 0 Å². The van der Waals surface area contributed by atoms with Crippen LogP contribution in [0.2, 0.25) is 0 Å². The molecular formula is C9H9Br3. The van der Waals surface area contributed by atoms with Gasteiger partial charge < -0.3 is 0 Å². The van der Waals surface area contributed by atoms with E-state index < -0.39 is 0 Å². The summed E-state index contributed by atoms with van der Waals surface area (Å²) in [5, 5.41) is 2.78. The molecule has 0 fully saturated rings. The van der Waals surface area contributed by atoms with E-state index in [-0.39, 0.29) is 0 Å². The van der Waals surface area contributed by atoms with Crippen molar-refractivity contribution in [3.05, 3.63) is 34.9 Å². The van der Waals surface area contributed by atoms with Crippen molar-refractivity contribution in [2.75, 3.05) is 0 Å². The van der Waals surface area contributed by atoms with Crippen LogP contribution in [0.4, 0.5) is 0 Å². The van der Waals surface area contributed by atoms with E-state index in [1.165, 1.54) is 16.7 Å². The van der Waals surface area contributed by atoms with E-state index >= 15 is 0 Å². The highest BCUT2D eigenvalue weighted by Gasteiger charge is 2.00. The summed E-state index contributed by atoms with van der Waals surface area (Å²) in [6.07, 6.45) is 0. The predicted molar refractivity (Wildman–Crippen MR) is 64.3 cm³/mol. The maximum absolute atomic E-state index is 3.48. The van der Waals surface area contributed by atoms with Crippen molar-refractivity contribution in [1.29, 1.82) is 0 Å². The van der Waals surface area contributed by atoms with Gasteiger partial charge in [0.2, 0.25) is 0 Å². The fourth-order valence-corrected chi connectivity index (χ4v) is 2.43. The van der Waals surface area contributed by atoms with E-state index in [2.05, 4.69) is 66.0 Å². The first-order chi connectivity index (χ1) is 5.81. The Morgan fingerprint density at radius 1 is 0.833 bits per heavy atom. The van der Waals surface area contributed by atoms with Gasteiger partial charge in [0, 0.05) is 16.0 Å². The number of alkyl halides is 3. The maximum Gasteiger partial charge on any atom is 0.0286 e. The molecule has 0 spiro atoms. The van der Waals surface area contributed by atoms with Crippen LogP contribution < -0.4 is 0 Å². The van der Waals surface area contributed by atoms with Crippen LogP contribution >= 0.6 is 47.8 Å². The molecule has 0 amide bonds. The molecule has 0 N–H and O–H groups in total. The fourth-order valence-electron chi connectivity index (χ4n) is 1.02. The molecule has 0 aliphatic carbocycles. The lowest BCUT2D eigenvalue weighted by molar-refractivity contribution is 1.26. The SMILES string of the molecule is BrCc1ccc(CBr)c(CBr)c1. The molecule has 1 aromatic carbocycles. The van der Waals surface area contributed by atoms with Crippen LogP contribution in [-0.2, 0) is 16.0 Å². The summed E-state index contributed by atoms with van der Waals surface area (Å²) in [4.78, 5) is 0. The third kappa shape index (κ3) is 2.57. The molecule has 1 aromatic rings. The third-order valence-electron chi connectivity index (χ3n) is 1.71. The van der Waals surface area contributed by atoms with E-state index in [9.17, 15) is 0 Å². The lowest BCUT2D eigenvalue weighted by Gasteiger charge is -2.05. The van der Waals surface area contributed by atoms with E-state index in [1.807, 2.05) is 0 Å². The zero-order valence-electron chi connectivity index (χ0n) is 6.49. The summed E-state index contributed by atoms with van der Waals surface area (Å²) >= 11 is 10.4. The Labute approximate surface area is 98.1 Å². The maximum atomic E-state index is 3.48. The second kappa shape index (κ2) is 5.40. The molecule has 3 heteroatoms. The monoisotopic (exact) mass is 354 g/mol. The molecule has 12 heavy (non-hydrogen) atoms. The van der Waals surface area contributed by atoms with Gasteiger partial charge in [-0.3, -0.25) is 0 Å². The van der Waals surface area contributed by atoms with Gasteiger partial charge in [-0.1, -0.05) is 66.0 Å². The molecular weight excluding hydrogens is 348 g/mol. The number of hydrogen-bond acceptors (Lipinski definition) is 0. The van der Waals surface area contributed by atoms with Crippen molar-refractivity contribution >= 4 is 47.8 Å². The first-order valence-corrected chi connectivity index (χ1v) is 6.96. The third-order valence-corrected chi connectivity index (χ3v) is 3.57. The molecule has 0 radical (unpaired) electrons. The Bertz CT molecular complexity index is 258. The zero-order valence-corrected chi connectivity index (χ0v) is 11.2. The van der Waals surface area contributed by atoms with E-state index in [4.69, 9.17) is 0 Å². The summed E-state index contributed by atoms with van der Waals surface area (Å²) in [7, 11) is 0. The van der Waals surface area contributed by atoms with Crippen LogP contribution in [0.5, 0.6) is 0 Å². The lowest BCUT2D eigenvalue weighted by atomic mass is 10.1. The predicted octanol–water partition coefficient (Wildman–Crippen LogP) is 4.37. The molecule has 0 unspecified atom stereocenters. The summed E-state index contributed by atoms with van der Waals surface area (Å²) in [5.74, 6) is 0. The van der Waals surface area contributed by atoms with E-state index in [0.29, 0.717) is 0 Å². The summed E-state index contributed by atoms with van der Waals surface area (Å²) < 4.78 is 0. The zero-order chi connectivity index (χ0) is 8.97. The first kappa shape index (κ1) is 10.7. The quantitative estimate of drug-likeness (QED) is 0.705. The van der Waals surface area contributed by atoms with Gasteiger partial charge >= 0.3 is 0 Å². The largest absolute Gasteiger partial charge is 0.0876 e. The molecule has 0 saturated heterocycles. The van der Waals surface area contributed by atoms with Crippen LogP contribution in [0, 0.1) is 0 Å². The van der Waals surface area contributed by atoms with Crippen LogP contribution in [0.25, 0.3) is 0 Å². The van der Waals surface area contributed by atoms with Gasteiger partial charge in [-0.15, -0.1) is 0 Å². The standard InChI is InChI=1S/C9H9Br3/c10-4-7-1-2-8(5-11)9(3-7)6-12/h1-3H,4-6H2. The van der Waals surface area contributed by atoms with Crippen molar-refractivity contribution in [2.45, 2.75) is 16.0 Å². The van der Waals surface area contributed by atoms with Gasteiger partial charge in [-0.25, -0.2) is 0 Å². The number of rotatable bonds is 3. The molecule has 66 valence electrons. The van der Waals surface area contributed by atoms with Crippen LogP contribution in [-0.4, -0.2) is 0 Å². The minimum absolute atomic E-state index is 0.925. The van der Waals surface area contributed by atoms with Crippen LogP contribution in [0.15, 0.2) is 18.2 Å². The molecule has 0 bridgehead atoms. The van der Waals surface area contributed by atoms with Gasteiger partial charge in [0.1, 0.15) is 0 Å². The molecule has 1 rings (SSSR count). The highest BCUT2D eigenvalue weighted by molar-refractivity contribution is 9.09. The highest BCUT2D eigenvalue weighted by atomic mass is 79.9. The summed E-state index contributed by atoms with van der Waals surface area (Å²) in [6, 6.07) is 6.54. The smallest absolute Gasteiger partial charge is 0.0286 e. The Morgan fingerprint density at radius 3 is 2.00 bits per heavy atom. The normalized spacial score (nSPS) is 10.2. The Morgan fingerprint density at radius 2 is 1.50 bits per heavy atom. The first-order valence-electron chi connectivity index (χ1n) is 3.60.